The van der Waals surface area contributed by atoms with Crippen molar-refractivity contribution in [2.45, 2.75) is 13.0 Å². The molecule has 25 heavy (non-hydrogen) atoms. The molecule has 2 aromatic carbocycles. The van der Waals surface area contributed by atoms with Crippen molar-refractivity contribution in [2.75, 3.05) is 37.6 Å². The van der Waals surface area contributed by atoms with Crippen molar-refractivity contribution in [1.82, 2.24) is 9.47 Å². The van der Waals surface area contributed by atoms with Crippen LogP contribution >= 0.6 is 0 Å². The average molecular weight is 400 g/mol. The summed E-state index contributed by atoms with van der Waals surface area (Å²) in [6.07, 6.45) is 1.04. The van der Waals surface area contributed by atoms with Gasteiger partial charge in [0, 0.05) is 0 Å². The van der Waals surface area contributed by atoms with Gasteiger partial charge in [-0.15, -0.1) is 0 Å². The summed E-state index contributed by atoms with van der Waals surface area (Å²) in [5.41, 5.74) is 2.46. The van der Waals surface area contributed by atoms with Crippen LogP contribution in [0.15, 0.2) is 59.4 Å². The second-order valence-corrected chi connectivity index (χ2v) is 8.59. The second kappa shape index (κ2) is 7.61. The molecule has 130 valence electrons. The maximum atomic E-state index is 12.2. The average Bonchev–Trinajstić information content (AvgIpc) is 2.99. The van der Waals surface area contributed by atoms with Crippen LogP contribution in [0.5, 0.6) is 0 Å². The Hall–Kier alpha value is -1.81. The number of nitrogens with zero attached hydrogens (tertiary/aromatic N) is 3. The van der Waals surface area contributed by atoms with Gasteiger partial charge < -0.3 is 0 Å². The van der Waals surface area contributed by atoms with E-state index in [0.29, 0.717) is 4.43 Å². The van der Waals surface area contributed by atoms with E-state index in [9.17, 15) is 4.79 Å². The maximum absolute atomic E-state index is 12.2. The Morgan fingerprint density at radius 1 is 0.840 bits per heavy atom. The van der Waals surface area contributed by atoms with Crippen molar-refractivity contribution < 1.29 is 0 Å². The van der Waals surface area contributed by atoms with Gasteiger partial charge in [0.05, 0.1) is 0 Å². The first-order valence-corrected chi connectivity index (χ1v) is 10.6. The minimum absolute atomic E-state index is 0.0299. The third-order valence-corrected chi connectivity index (χ3v) is 6.94. The molecule has 1 aliphatic heterocycles. The molecule has 1 aromatic heterocycles. The number of para-hydroxylation sites is 2. The van der Waals surface area contributed by atoms with E-state index in [2.05, 4.69) is 52.3 Å². The number of rotatable bonds is 5. The topological polar surface area (TPSA) is 28.5 Å². The van der Waals surface area contributed by atoms with Crippen LogP contribution in [-0.4, -0.2) is 56.7 Å². The summed E-state index contributed by atoms with van der Waals surface area (Å²) in [6.45, 7) is 6.28. The van der Waals surface area contributed by atoms with Gasteiger partial charge >= 0.3 is 148 Å². The van der Waals surface area contributed by atoms with Crippen molar-refractivity contribution in [3.05, 3.63) is 63.8 Å². The molecule has 0 atom stereocenters. The van der Waals surface area contributed by atoms with Gasteiger partial charge in [-0.25, -0.2) is 0 Å². The monoisotopic (exact) mass is 401 g/mol. The van der Waals surface area contributed by atoms with E-state index in [1.807, 2.05) is 16.7 Å². The Labute approximate surface area is 154 Å². The molecule has 1 saturated heterocycles. The zero-order valence-electron chi connectivity index (χ0n) is 14.3. The summed E-state index contributed by atoms with van der Waals surface area (Å²) in [5, 5.41) is 0. The molecule has 3 aromatic rings. The van der Waals surface area contributed by atoms with Crippen LogP contribution in [0, 0.1) is 0 Å². The van der Waals surface area contributed by atoms with E-state index in [0.717, 1.165) is 51.2 Å². The molecule has 2 heterocycles. The third kappa shape index (κ3) is 3.74. The zero-order chi connectivity index (χ0) is 17.1. The van der Waals surface area contributed by atoms with Crippen molar-refractivity contribution in [1.29, 1.82) is 0 Å². The first-order chi connectivity index (χ1) is 12.3. The molecule has 4 rings (SSSR count). The molecule has 4 nitrogen and oxygen atoms in total. The molecule has 1 fully saturated rings. The molecule has 1 aliphatic rings. The fourth-order valence-electron chi connectivity index (χ4n) is 3.55. The van der Waals surface area contributed by atoms with Gasteiger partial charge in [-0.1, -0.05) is 6.07 Å². The quantitative estimate of drug-likeness (QED) is 0.616. The summed E-state index contributed by atoms with van der Waals surface area (Å²) in [4.78, 5) is 17.2. The summed E-state index contributed by atoms with van der Waals surface area (Å²) < 4.78 is 3.54. The Bertz CT molecular complexity index is 879. The Morgan fingerprint density at radius 2 is 1.56 bits per heavy atom. The SMILES string of the molecule is O=c1[se]c2ccccc2n1CCCN1CCN(c2ccccc2)CC1. The number of aromatic nitrogens is 1. The summed E-state index contributed by atoms with van der Waals surface area (Å²) >= 11 is -0.0299. The number of benzene rings is 2. The fourth-order valence-corrected chi connectivity index (χ4v) is 5.47. The summed E-state index contributed by atoms with van der Waals surface area (Å²) in [6, 6.07) is 18.9. The van der Waals surface area contributed by atoms with Crippen LogP contribution in [0.1, 0.15) is 6.42 Å². The van der Waals surface area contributed by atoms with E-state index in [1.165, 1.54) is 9.95 Å². The zero-order valence-corrected chi connectivity index (χ0v) is 16.0. The molecular weight excluding hydrogens is 377 g/mol. The van der Waals surface area contributed by atoms with E-state index >= 15 is 0 Å². The molecule has 0 N–H and O–H groups in total. The van der Waals surface area contributed by atoms with E-state index in [-0.39, 0.29) is 14.5 Å². The number of anilines is 1. The molecule has 5 heteroatoms. The second-order valence-electron chi connectivity index (χ2n) is 6.51. The van der Waals surface area contributed by atoms with Crippen LogP contribution in [0.4, 0.5) is 5.69 Å². The molecule has 0 spiro atoms. The molecule has 0 unspecified atom stereocenters. The Balaban J connectivity index is 1.30. The van der Waals surface area contributed by atoms with Crippen molar-refractivity contribution in [2.24, 2.45) is 0 Å². The van der Waals surface area contributed by atoms with Crippen molar-refractivity contribution in [3.63, 3.8) is 0 Å². The van der Waals surface area contributed by atoms with Crippen LogP contribution in [0.25, 0.3) is 9.78 Å². The molecule has 0 amide bonds. The minimum atomic E-state index is -0.0299. The molecule has 0 saturated carbocycles. The van der Waals surface area contributed by atoms with Gasteiger partial charge in [0.15, 0.2) is 0 Å². The third-order valence-electron chi connectivity index (χ3n) is 4.92. The van der Waals surface area contributed by atoms with Gasteiger partial charge in [-0.3, -0.25) is 0 Å². The summed E-state index contributed by atoms with van der Waals surface area (Å²) in [5.74, 6) is 0. The number of piperazine rings is 1. The van der Waals surface area contributed by atoms with Crippen LogP contribution in [0.2, 0.25) is 0 Å². The number of hydrogen-bond acceptors (Lipinski definition) is 3. The number of fused-ring (bicyclic) bond motifs is 1. The van der Waals surface area contributed by atoms with E-state index < -0.39 is 0 Å². The number of hydrogen-bond donors (Lipinski definition) is 0. The first kappa shape index (κ1) is 16.6. The van der Waals surface area contributed by atoms with Crippen molar-refractivity contribution >= 4 is 30.0 Å². The van der Waals surface area contributed by atoms with E-state index in [1.54, 1.807) is 0 Å². The molecule has 0 radical (unpaired) electrons. The Kier molecular flexibility index (Phi) is 5.07. The first-order valence-electron chi connectivity index (χ1n) is 8.92. The predicted molar refractivity (Wildman–Crippen MR) is 105 cm³/mol. The molecule has 0 bridgehead atoms. The van der Waals surface area contributed by atoms with Gasteiger partial charge in [0.1, 0.15) is 0 Å². The van der Waals surface area contributed by atoms with Gasteiger partial charge in [0.2, 0.25) is 0 Å². The van der Waals surface area contributed by atoms with Gasteiger partial charge in [-0.05, 0) is 0 Å². The van der Waals surface area contributed by atoms with Gasteiger partial charge in [0.25, 0.3) is 0 Å². The Morgan fingerprint density at radius 3 is 2.36 bits per heavy atom. The van der Waals surface area contributed by atoms with Crippen LogP contribution in [0.3, 0.4) is 0 Å². The summed E-state index contributed by atoms with van der Waals surface area (Å²) in [7, 11) is 0. The van der Waals surface area contributed by atoms with Crippen LogP contribution < -0.4 is 9.33 Å². The van der Waals surface area contributed by atoms with Crippen molar-refractivity contribution in [3.8, 4) is 0 Å². The molecular formula is C20H23N3OSe. The number of aryl methyl sites for hydroxylation is 1. The molecule has 0 aliphatic carbocycles. The van der Waals surface area contributed by atoms with E-state index in [4.69, 9.17) is 0 Å². The normalized spacial score (nSPS) is 15.8. The van der Waals surface area contributed by atoms with Crippen LogP contribution in [-0.2, 0) is 6.54 Å². The van der Waals surface area contributed by atoms with Gasteiger partial charge in [-0.2, -0.15) is 0 Å². The fraction of sp³-hybridized carbons (Fsp3) is 0.350. The predicted octanol–water partition coefficient (Wildman–Crippen LogP) is 2.27. The standard InChI is InChI=1S/C20H23N3OSe/c24-20-23(18-9-4-5-10-19(18)25-20)12-6-11-21-13-15-22(16-14-21)17-7-2-1-3-8-17/h1-5,7-10H,6,11-16H2.